The molecule has 0 amide bonds. The lowest BCUT2D eigenvalue weighted by Crippen LogP contribution is -2.74. The van der Waals surface area contributed by atoms with Gasteiger partial charge in [0.1, 0.15) is 0 Å². The van der Waals surface area contributed by atoms with E-state index in [1.807, 2.05) is 0 Å². The van der Waals surface area contributed by atoms with Gasteiger partial charge in [0, 0.05) is 5.41 Å². The van der Waals surface area contributed by atoms with E-state index in [0.29, 0.717) is 0 Å². The van der Waals surface area contributed by atoms with E-state index >= 15 is 0 Å². The van der Waals surface area contributed by atoms with E-state index in [4.69, 9.17) is 0 Å². The van der Waals surface area contributed by atoms with Crippen LogP contribution in [0.1, 0.15) is 25.0 Å². The predicted molar refractivity (Wildman–Crippen MR) is 274 cm³/mol. The molecular weight excluding hydrogens is 789 g/mol. The van der Waals surface area contributed by atoms with E-state index in [1.54, 1.807) is 0 Å². The smallest absolute Gasteiger partial charge is 0.0623 e. The largest absolute Gasteiger partial charge is 0.180 e. The van der Waals surface area contributed by atoms with E-state index in [-0.39, 0.29) is 5.41 Å². The van der Waals surface area contributed by atoms with Crippen LogP contribution in [0.4, 0.5) is 0 Å². The number of fused-ring (bicyclic) bond motifs is 4. The third kappa shape index (κ3) is 6.08. The molecule has 10 aromatic carbocycles. The summed E-state index contributed by atoms with van der Waals surface area (Å²) in [6, 6.07) is 96.4. The first-order valence-electron chi connectivity index (χ1n) is 22.2. The highest BCUT2D eigenvalue weighted by Gasteiger charge is 2.45. The molecule has 0 fully saturated rings. The van der Waals surface area contributed by atoms with Gasteiger partial charge in [-0.2, -0.15) is 0 Å². The Bertz CT molecular complexity index is 3020. The molecule has 0 saturated heterocycles. The molecule has 0 saturated carbocycles. The van der Waals surface area contributed by atoms with Gasteiger partial charge in [0.05, 0.1) is 0 Å². The fourth-order valence-corrected chi connectivity index (χ4v) is 20.8. The first-order chi connectivity index (χ1) is 31.0. The molecular formula is C61H48Si2. The molecule has 300 valence electrons. The lowest BCUT2D eigenvalue weighted by atomic mass is 9.81. The Labute approximate surface area is 373 Å². The molecule has 1 aliphatic carbocycles. The molecule has 0 unspecified atom stereocenters. The Balaban J connectivity index is 1.08. The lowest BCUT2D eigenvalue weighted by molar-refractivity contribution is 0.661. The Morgan fingerprint density at radius 2 is 0.619 bits per heavy atom. The monoisotopic (exact) mass is 836 g/mol. The van der Waals surface area contributed by atoms with Gasteiger partial charge in [-0.3, -0.25) is 0 Å². The van der Waals surface area contributed by atoms with Gasteiger partial charge in [-0.05, 0) is 91.7 Å². The molecule has 0 atom stereocenters. The maximum absolute atomic E-state index is 2.76. The number of hydrogen-bond donors (Lipinski definition) is 0. The SMILES string of the molecule is CC1(C)c2cc(-c3ccc([Si](c4ccccc4)(c4ccccc4)c4ccccc4)c4ccccc34)ccc2-c2ccc([Si](c3ccccc3)(c3ccccc3)c3ccccc3)cc21. The average Bonchev–Trinajstić information content (AvgIpc) is 3.58. The van der Waals surface area contributed by atoms with Crippen LogP contribution in [0, 0.1) is 0 Å². The fraction of sp³-hybridized carbons (Fsp3) is 0.0492. The predicted octanol–water partition coefficient (Wildman–Crippen LogP) is 9.57. The van der Waals surface area contributed by atoms with Crippen LogP contribution in [0.15, 0.2) is 255 Å². The summed E-state index contributed by atoms with van der Waals surface area (Å²) < 4.78 is 0. The summed E-state index contributed by atoms with van der Waals surface area (Å²) in [5.41, 5.74) is 7.76. The zero-order valence-corrected chi connectivity index (χ0v) is 37.7. The van der Waals surface area contributed by atoms with Crippen molar-refractivity contribution in [3.63, 3.8) is 0 Å². The van der Waals surface area contributed by atoms with Crippen LogP contribution in [-0.2, 0) is 5.41 Å². The van der Waals surface area contributed by atoms with Crippen LogP contribution in [0.25, 0.3) is 33.0 Å². The van der Waals surface area contributed by atoms with Gasteiger partial charge in [0.2, 0.25) is 0 Å². The topological polar surface area (TPSA) is 0 Å². The van der Waals surface area contributed by atoms with E-state index in [0.717, 1.165) is 0 Å². The number of hydrogen-bond acceptors (Lipinski definition) is 0. The number of benzene rings is 10. The molecule has 0 aliphatic heterocycles. The summed E-state index contributed by atoms with van der Waals surface area (Å²) in [5, 5.41) is 13.8. The normalized spacial score (nSPS) is 13.0. The van der Waals surface area contributed by atoms with Gasteiger partial charge in [-0.15, -0.1) is 0 Å². The van der Waals surface area contributed by atoms with Crippen LogP contribution in [-0.4, -0.2) is 16.1 Å². The molecule has 0 radical (unpaired) electrons. The van der Waals surface area contributed by atoms with Crippen molar-refractivity contribution >= 4 is 68.4 Å². The second-order valence-electron chi connectivity index (χ2n) is 17.5. The second kappa shape index (κ2) is 15.7. The van der Waals surface area contributed by atoms with Gasteiger partial charge >= 0.3 is 0 Å². The van der Waals surface area contributed by atoms with Crippen LogP contribution in [0.5, 0.6) is 0 Å². The van der Waals surface area contributed by atoms with Crippen LogP contribution in [0.3, 0.4) is 0 Å². The summed E-state index contributed by atoms with van der Waals surface area (Å²) in [5.74, 6) is 0. The second-order valence-corrected chi connectivity index (χ2v) is 25.1. The van der Waals surface area contributed by atoms with Gasteiger partial charge in [-0.25, -0.2) is 0 Å². The van der Waals surface area contributed by atoms with Crippen LogP contribution in [0.2, 0.25) is 0 Å². The molecule has 0 aromatic heterocycles. The first kappa shape index (κ1) is 38.8. The standard InChI is InChI=1S/C61H48Si2/c1-61(2)58-43-45(37-39-55(58)56-40-38-52(44-59(56)61)62(46-23-9-3-10-24-46,47-25-11-4-12-26-47)48-27-13-5-14-28-48)53-41-42-60(57-36-22-21-35-54(53)57)63(49-29-15-6-16-30-49,50-31-17-7-18-32-50)51-33-19-8-20-34-51/h3-44H,1-2H3. The summed E-state index contributed by atoms with van der Waals surface area (Å²) in [6.07, 6.45) is 0. The zero-order valence-electron chi connectivity index (χ0n) is 35.7. The highest BCUT2D eigenvalue weighted by molar-refractivity contribution is 7.21. The summed E-state index contributed by atoms with van der Waals surface area (Å²) >= 11 is 0. The van der Waals surface area contributed by atoms with Crippen molar-refractivity contribution in [3.05, 3.63) is 266 Å². The lowest BCUT2D eigenvalue weighted by Gasteiger charge is -2.35. The van der Waals surface area contributed by atoms with E-state index in [1.165, 1.54) is 85.6 Å². The minimum absolute atomic E-state index is 0.216. The molecule has 11 rings (SSSR count). The van der Waals surface area contributed by atoms with E-state index in [9.17, 15) is 0 Å². The van der Waals surface area contributed by atoms with Gasteiger partial charge in [0.15, 0.2) is 16.1 Å². The van der Waals surface area contributed by atoms with Gasteiger partial charge in [0.25, 0.3) is 0 Å². The molecule has 0 spiro atoms. The highest BCUT2D eigenvalue weighted by Crippen LogP contribution is 2.49. The molecule has 10 aromatic rings. The molecule has 0 nitrogen and oxygen atoms in total. The van der Waals surface area contributed by atoms with Gasteiger partial charge < -0.3 is 0 Å². The maximum Gasteiger partial charge on any atom is 0.180 e. The Morgan fingerprint density at radius 3 is 1.06 bits per heavy atom. The first-order valence-corrected chi connectivity index (χ1v) is 26.2. The Kier molecular flexibility index (Phi) is 9.64. The van der Waals surface area contributed by atoms with Crippen LogP contribution < -0.4 is 41.5 Å². The fourth-order valence-electron chi connectivity index (χ4n) is 11.1. The van der Waals surface area contributed by atoms with Crippen molar-refractivity contribution in [3.8, 4) is 22.3 Å². The van der Waals surface area contributed by atoms with Crippen molar-refractivity contribution in [2.45, 2.75) is 19.3 Å². The molecule has 2 heteroatoms. The van der Waals surface area contributed by atoms with Crippen molar-refractivity contribution < 1.29 is 0 Å². The van der Waals surface area contributed by atoms with E-state index < -0.39 is 16.1 Å². The average molecular weight is 837 g/mol. The van der Waals surface area contributed by atoms with Gasteiger partial charge in [-0.1, -0.05) is 263 Å². The third-order valence-electron chi connectivity index (χ3n) is 14.0. The summed E-state index contributed by atoms with van der Waals surface area (Å²) in [7, 11) is -5.46. The quantitative estimate of drug-likeness (QED) is 0.100. The minimum atomic E-state index is -2.76. The summed E-state index contributed by atoms with van der Waals surface area (Å²) in [4.78, 5) is 0. The summed E-state index contributed by atoms with van der Waals surface area (Å²) in [6.45, 7) is 4.87. The van der Waals surface area contributed by atoms with Crippen molar-refractivity contribution in [2.24, 2.45) is 0 Å². The maximum atomic E-state index is 2.58. The Morgan fingerprint density at radius 1 is 0.270 bits per heavy atom. The van der Waals surface area contributed by atoms with Crippen LogP contribution >= 0.6 is 0 Å². The van der Waals surface area contributed by atoms with Crippen molar-refractivity contribution in [1.82, 2.24) is 0 Å². The number of rotatable bonds is 9. The molecule has 1 aliphatic rings. The molecule has 0 heterocycles. The van der Waals surface area contributed by atoms with Crippen molar-refractivity contribution in [1.29, 1.82) is 0 Å². The van der Waals surface area contributed by atoms with E-state index in [2.05, 4.69) is 269 Å². The van der Waals surface area contributed by atoms with Crippen molar-refractivity contribution in [2.75, 3.05) is 0 Å². The third-order valence-corrected chi connectivity index (χ3v) is 23.6. The molecule has 0 bridgehead atoms. The minimum Gasteiger partial charge on any atom is -0.0623 e. The molecule has 0 N–H and O–H groups in total. The Hall–Kier alpha value is -7.11. The molecule has 63 heavy (non-hydrogen) atoms. The highest BCUT2D eigenvalue weighted by atomic mass is 28.3. The zero-order chi connectivity index (χ0) is 42.4.